The first kappa shape index (κ1) is 46.6. The smallest absolute Gasteiger partial charge is 0.257 e. The molecule has 7 heterocycles. The van der Waals surface area contributed by atoms with Gasteiger partial charge in [0.25, 0.3) is 11.5 Å². The molecule has 3 fully saturated rings. The van der Waals surface area contributed by atoms with Crippen molar-refractivity contribution in [3.8, 4) is 5.69 Å². The number of nitrogens with zero attached hydrogens (tertiary/aromatic N) is 7. The number of hydrogen-bond donors (Lipinski definition) is 3. The van der Waals surface area contributed by atoms with E-state index in [0.717, 1.165) is 48.1 Å². The topological polar surface area (TPSA) is 140 Å². The van der Waals surface area contributed by atoms with Crippen LogP contribution in [0.4, 0.5) is 30.2 Å². The standard InChI is InChI=1S/C51H59F3N10O4/c1-30-22-35(51(68)61-16-11-33(12-17-61)28-62-20-21-63(27-31(62)2)44-8-6-36(24-38(44)52)57-41-7-9-46(65)58-50(41)67)23-39(53)48(30)34-13-18-60(19-14-34)32(3)45-25-37-43(10-15-56-49(37)59(45)5)64-29-40(54)42(55-4)26-47(64)66/h6,8,10,13,15,22-26,29,31-33,41,55,57H,7,9,11-12,14,16-21,27-28H2,1-5H3,(H,58,65,67)/t31-,32+,41-/m1/s1. The average molecular weight is 933 g/mol. The van der Waals surface area contributed by atoms with Gasteiger partial charge in [0, 0.05) is 125 Å². The van der Waals surface area contributed by atoms with Crippen molar-refractivity contribution >= 4 is 51.4 Å². The second-order valence-electron chi connectivity index (χ2n) is 18.8. The van der Waals surface area contributed by atoms with Crippen molar-refractivity contribution in [3.05, 3.63) is 117 Å². The lowest BCUT2D eigenvalue weighted by Crippen LogP contribution is -2.54. The molecule has 3 N–H and O–H groups in total. The maximum Gasteiger partial charge on any atom is 0.257 e. The number of hydrogen-bond acceptors (Lipinski definition) is 10. The average Bonchev–Trinajstić information content (AvgIpc) is 3.67. The number of carbonyl (C=O) groups excluding carboxylic acids is 3. The Morgan fingerprint density at radius 3 is 2.40 bits per heavy atom. The Bertz CT molecular complexity index is 2850. The molecule has 17 heteroatoms. The number of likely N-dealkylation sites (tertiary alicyclic amines) is 1. The van der Waals surface area contributed by atoms with Gasteiger partial charge >= 0.3 is 0 Å². The van der Waals surface area contributed by atoms with Crippen LogP contribution in [0.5, 0.6) is 0 Å². The van der Waals surface area contributed by atoms with E-state index < -0.39 is 23.6 Å². The molecule has 5 aromatic rings. The first-order chi connectivity index (χ1) is 32.7. The molecular formula is C51H59F3N10O4. The third kappa shape index (κ3) is 9.25. The summed E-state index contributed by atoms with van der Waals surface area (Å²) in [5.74, 6) is -1.76. The number of aromatic nitrogens is 3. The van der Waals surface area contributed by atoms with Crippen LogP contribution in [0.3, 0.4) is 0 Å². The van der Waals surface area contributed by atoms with Crippen molar-refractivity contribution in [1.82, 2.24) is 34.1 Å². The summed E-state index contributed by atoms with van der Waals surface area (Å²) in [5.41, 5.74) is 5.50. The van der Waals surface area contributed by atoms with E-state index in [0.29, 0.717) is 91.9 Å². The van der Waals surface area contributed by atoms with Crippen molar-refractivity contribution in [3.63, 3.8) is 0 Å². The maximum atomic E-state index is 16.1. The summed E-state index contributed by atoms with van der Waals surface area (Å²) < 4.78 is 49.6. The molecule has 0 saturated carbocycles. The maximum absolute atomic E-state index is 16.1. The minimum Gasteiger partial charge on any atom is -0.386 e. The van der Waals surface area contributed by atoms with E-state index in [1.54, 1.807) is 31.4 Å². The van der Waals surface area contributed by atoms with Crippen LogP contribution < -0.4 is 26.4 Å². The number of benzene rings is 2. The number of piperazine rings is 1. The van der Waals surface area contributed by atoms with E-state index in [-0.39, 0.29) is 47.4 Å². The summed E-state index contributed by atoms with van der Waals surface area (Å²) in [5, 5.41) is 8.81. The van der Waals surface area contributed by atoms with Crippen LogP contribution in [0, 0.1) is 30.3 Å². The number of amides is 3. The number of nitrogens with one attached hydrogen (secondary N) is 3. The summed E-state index contributed by atoms with van der Waals surface area (Å²) in [6.07, 6.45) is 7.79. The minimum absolute atomic E-state index is 0.0520. The zero-order valence-electron chi connectivity index (χ0n) is 39.3. The van der Waals surface area contributed by atoms with Crippen molar-refractivity contribution < 1.29 is 27.6 Å². The van der Waals surface area contributed by atoms with Gasteiger partial charge in [-0.2, -0.15) is 0 Å². The van der Waals surface area contributed by atoms with Gasteiger partial charge in [0.15, 0.2) is 5.82 Å². The fraction of sp³-hybridized carbons (Fsp3) is 0.431. The van der Waals surface area contributed by atoms with Gasteiger partial charge in [-0.1, -0.05) is 6.08 Å². The molecule has 68 heavy (non-hydrogen) atoms. The fourth-order valence-corrected chi connectivity index (χ4v) is 10.7. The highest BCUT2D eigenvalue weighted by molar-refractivity contribution is 6.01. The molecule has 0 unspecified atom stereocenters. The quantitative estimate of drug-likeness (QED) is 0.124. The number of pyridine rings is 2. The normalized spacial score (nSPS) is 20.4. The lowest BCUT2D eigenvalue weighted by Gasteiger charge is -2.43. The van der Waals surface area contributed by atoms with Gasteiger partial charge in [-0.3, -0.25) is 38.9 Å². The predicted octanol–water partition coefficient (Wildman–Crippen LogP) is 6.62. The molecule has 0 radical (unpaired) electrons. The Labute approximate surface area is 393 Å². The Balaban J connectivity index is 0.777. The SMILES string of the molecule is CNc1cc(=O)n(-c2ccnc3c2cc([C@H](C)N2CC=C(c4c(C)cc(C(=O)N5CCC(CN6CCN(c7ccc(N[C@@H]8CCC(=O)NC8=O)cc7F)C[C@H]6C)CC5)cc4F)CC2)n3C)cc1F. The van der Waals surface area contributed by atoms with E-state index in [1.165, 1.54) is 29.0 Å². The predicted molar refractivity (Wildman–Crippen MR) is 258 cm³/mol. The van der Waals surface area contributed by atoms with E-state index in [9.17, 15) is 23.6 Å². The van der Waals surface area contributed by atoms with Crippen LogP contribution in [-0.4, -0.2) is 118 Å². The van der Waals surface area contributed by atoms with Crippen molar-refractivity contribution in [2.75, 3.05) is 74.9 Å². The van der Waals surface area contributed by atoms with Crippen molar-refractivity contribution in [2.45, 2.75) is 71.0 Å². The second-order valence-corrected chi connectivity index (χ2v) is 18.8. The van der Waals surface area contributed by atoms with Crippen LogP contribution in [0.2, 0.25) is 0 Å². The van der Waals surface area contributed by atoms with Crippen molar-refractivity contribution in [1.29, 1.82) is 0 Å². The monoisotopic (exact) mass is 932 g/mol. The third-order valence-corrected chi connectivity index (χ3v) is 14.6. The second kappa shape index (κ2) is 19.3. The highest BCUT2D eigenvalue weighted by Crippen LogP contribution is 2.35. The summed E-state index contributed by atoms with van der Waals surface area (Å²) in [6, 6.07) is 12.6. The molecular weight excluding hydrogens is 874 g/mol. The number of aryl methyl sites for hydroxylation is 2. The van der Waals surface area contributed by atoms with Gasteiger partial charge in [0.1, 0.15) is 23.3 Å². The zero-order valence-corrected chi connectivity index (χ0v) is 39.3. The van der Waals surface area contributed by atoms with E-state index in [2.05, 4.69) is 55.6 Å². The summed E-state index contributed by atoms with van der Waals surface area (Å²) in [4.78, 5) is 63.7. The Kier molecular flexibility index (Phi) is 13.2. The molecule has 4 aliphatic heterocycles. The van der Waals surface area contributed by atoms with Gasteiger partial charge < -0.3 is 25.0 Å². The molecule has 4 aliphatic rings. The van der Waals surface area contributed by atoms with E-state index in [4.69, 9.17) is 0 Å². The number of halogens is 3. The van der Waals surface area contributed by atoms with Crippen LogP contribution in [0.1, 0.15) is 79.2 Å². The Morgan fingerprint density at radius 2 is 1.71 bits per heavy atom. The Morgan fingerprint density at radius 1 is 0.912 bits per heavy atom. The number of anilines is 3. The highest BCUT2D eigenvalue weighted by Gasteiger charge is 2.32. The molecule has 3 amide bonds. The molecule has 3 saturated heterocycles. The number of piperidine rings is 2. The minimum atomic E-state index is -0.582. The molecule has 0 bridgehead atoms. The van der Waals surface area contributed by atoms with Gasteiger partial charge in [0.05, 0.1) is 23.3 Å². The van der Waals surface area contributed by atoms with Gasteiger partial charge in [0.2, 0.25) is 11.8 Å². The third-order valence-electron chi connectivity index (χ3n) is 14.6. The molecule has 2 aromatic carbocycles. The number of imide groups is 1. The molecule has 9 rings (SSSR count). The number of rotatable bonds is 11. The molecule has 0 aliphatic carbocycles. The summed E-state index contributed by atoms with van der Waals surface area (Å²) in [6.45, 7) is 11.6. The lowest BCUT2D eigenvalue weighted by atomic mass is 9.92. The zero-order chi connectivity index (χ0) is 48.0. The van der Waals surface area contributed by atoms with Crippen LogP contribution in [-0.2, 0) is 16.6 Å². The summed E-state index contributed by atoms with van der Waals surface area (Å²) >= 11 is 0. The summed E-state index contributed by atoms with van der Waals surface area (Å²) in [7, 11) is 3.50. The van der Waals surface area contributed by atoms with E-state index >= 15 is 8.78 Å². The Hall–Kier alpha value is -6.46. The van der Waals surface area contributed by atoms with Gasteiger partial charge in [-0.15, -0.1) is 0 Å². The fourth-order valence-electron chi connectivity index (χ4n) is 10.7. The molecule has 3 aromatic heterocycles. The highest BCUT2D eigenvalue weighted by atomic mass is 19.1. The van der Waals surface area contributed by atoms with Crippen molar-refractivity contribution in [2.24, 2.45) is 13.0 Å². The first-order valence-corrected chi connectivity index (χ1v) is 23.6. The molecule has 0 spiro atoms. The van der Waals surface area contributed by atoms with Gasteiger partial charge in [-0.05, 0) is 106 Å². The van der Waals surface area contributed by atoms with Crippen LogP contribution >= 0.6 is 0 Å². The lowest BCUT2D eigenvalue weighted by molar-refractivity contribution is -0.133. The molecule has 358 valence electrons. The van der Waals surface area contributed by atoms with E-state index in [1.807, 2.05) is 35.6 Å². The van der Waals surface area contributed by atoms with Crippen LogP contribution in [0.25, 0.3) is 22.3 Å². The molecule has 3 atom stereocenters. The van der Waals surface area contributed by atoms with Gasteiger partial charge in [-0.25, -0.2) is 18.2 Å². The first-order valence-electron chi connectivity index (χ1n) is 23.6. The molecule has 14 nitrogen and oxygen atoms in total. The van der Waals surface area contributed by atoms with Crippen LogP contribution in [0.15, 0.2) is 71.8 Å². The number of carbonyl (C=O) groups is 3. The largest absolute Gasteiger partial charge is 0.386 e. The number of fused-ring (bicyclic) bond motifs is 1.